The molecule has 0 aliphatic heterocycles. The van der Waals surface area contributed by atoms with E-state index in [9.17, 15) is 0 Å². The first-order valence-electron chi connectivity index (χ1n) is 7.51. The zero-order chi connectivity index (χ0) is 16.2. The Balaban J connectivity index is 1.59. The molecule has 116 valence electrons. The normalized spacial score (nSPS) is 11.8. The Bertz CT molecular complexity index is 1030. The van der Waals surface area contributed by atoms with Crippen LogP contribution in [-0.2, 0) is 0 Å². The number of allylic oxidation sites excluding steroid dienone is 1. The molecule has 2 heterocycles. The molecule has 0 spiro atoms. The molecule has 0 saturated carbocycles. The lowest BCUT2D eigenvalue weighted by molar-refractivity contribution is 0.934. The van der Waals surface area contributed by atoms with Gasteiger partial charge in [-0.15, -0.1) is 15.3 Å². The van der Waals surface area contributed by atoms with Crippen LogP contribution in [0.15, 0.2) is 72.1 Å². The summed E-state index contributed by atoms with van der Waals surface area (Å²) in [6.07, 6.45) is 7.13. The van der Waals surface area contributed by atoms with E-state index in [0.717, 1.165) is 22.0 Å². The van der Waals surface area contributed by atoms with Crippen LogP contribution in [0.4, 0.5) is 5.82 Å². The van der Waals surface area contributed by atoms with Crippen molar-refractivity contribution in [1.82, 2.24) is 19.8 Å². The Morgan fingerprint density at radius 3 is 2.62 bits per heavy atom. The molecule has 0 amide bonds. The number of rotatable bonds is 4. The van der Waals surface area contributed by atoms with E-state index >= 15 is 0 Å². The highest BCUT2D eigenvalue weighted by Gasteiger charge is 2.08. The lowest BCUT2D eigenvalue weighted by atomic mass is 10.2. The van der Waals surface area contributed by atoms with E-state index in [2.05, 4.69) is 25.8 Å². The molecule has 2 aromatic carbocycles. The molecular weight excluding hydrogens is 300 g/mol. The monoisotopic (exact) mass is 314 g/mol. The van der Waals surface area contributed by atoms with Crippen LogP contribution in [-0.4, -0.2) is 26.0 Å². The van der Waals surface area contributed by atoms with Gasteiger partial charge in [0.25, 0.3) is 0 Å². The van der Waals surface area contributed by atoms with E-state index in [1.165, 1.54) is 0 Å². The molecule has 4 rings (SSSR count). The molecule has 0 fully saturated rings. The Kier molecular flexibility index (Phi) is 3.69. The van der Waals surface area contributed by atoms with Crippen molar-refractivity contribution in [2.45, 2.75) is 0 Å². The van der Waals surface area contributed by atoms with Gasteiger partial charge in [0, 0.05) is 17.0 Å². The number of anilines is 1. The van der Waals surface area contributed by atoms with Crippen LogP contribution in [0.5, 0.6) is 0 Å². The van der Waals surface area contributed by atoms with E-state index < -0.39 is 0 Å². The highest BCUT2D eigenvalue weighted by Crippen LogP contribution is 2.23. The molecular formula is C18H14N6. The van der Waals surface area contributed by atoms with Gasteiger partial charge in [-0.2, -0.15) is 9.62 Å². The van der Waals surface area contributed by atoms with Crippen molar-refractivity contribution in [3.05, 3.63) is 72.6 Å². The quantitative estimate of drug-likeness (QED) is 0.463. The van der Waals surface area contributed by atoms with E-state index in [4.69, 9.17) is 0 Å². The van der Waals surface area contributed by atoms with Crippen molar-refractivity contribution in [2.24, 2.45) is 5.10 Å². The van der Waals surface area contributed by atoms with E-state index in [1.54, 1.807) is 17.1 Å². The van der Waals surface area contributed by atoms with Crippen LogP contribution in [0.25, 0.3) is 22.5 Å². The van der Waals surface area contributed by atoms with Gasteiger partial charge < -0.3 is 0 Å². The van der Waals surface area contributed by atoms with Crippen LogP contribution in [0.3, 0.4) is 0 Å². The summed E-state index contributed by atoms with van der Waals surface area (Å²) in [5.41, 5.74) is 4.84. The third-order valence-corrected chi connectivity index (χ3v) is 3.58. The van der Waals surface area contributed by atoms with Gasteiger partial charge in [-0.05, 0) is 11.6 Å². The Labute approximate surface area is 138 Å². The Morgan fingerprint density at radius 2 is 1.75 bits per heavy atom. The van der Waals surface area contributed by atoms with Gasteiger partial charge in [-0.1, -0.05) is 60.7 Å². The van der Waals surface area contributed by atoms with Crippen LogP contribution >= 0.6 is 0 Å². The number of hydrazone groups is 1. The average molecular weight is 314 g/mol. The van der Waals surface area contributed by atoms with Gasteiger partial charge in [0.1, 0.15) is 6.33 Å². The van der Waals surface area contributed by atoms with Crippen molar-refractivity contribution in [3.8, 4) is 0 Å². The number of nitrogens with zero attached hydrogens (tertiary/aromatic N) is 5. The van der Waals surface area contributed by atoms with Crippen LogP contribution < -0.4 is 5.43 Å². The predicted octanol–water partition coefficient (Wildman–Crippen LogP) is 3.39. The summed E-state index contributed by atoms with van der Waals surface area (Å²) in [6, 6.07) is 18.0. The molecule has 0 unspecified atom stereocenters. The molecule has 0 radical (unpaired) electrons. The molecule has 2 aromatic heterocycles. The van der Waals surface area contributed by atoms with Crippen LogP contribution in [0.1, 0.15) is 5.56 Å². The second-order valence-electron chi connectivity index (χ2n) is 5.15. The first-order valence-corrected chi connectivity index (χ1v) is 7.51. The zero-order valence-electron chi connectivity index (χ0n) is 12.7. The highest BCUT2D eigenvalue weighted by atomic mass is 15.4. The summed E-state index contributed by atoms with van der Waals surface area (Å²) in [6.45, 7) is 0. The standard InChI is InChI=1S/C18H14N6/c1-2-7-14(8-3-1)9-6-12-19-21-17-15-10-4-5-11-16(15)18-22-20-13-24(18)23-17/h1-13H,(H,21,23). The van der Waals surface area contributed by atoms with Crippen LogP contribution in [0, 0.1) is 0 Å². The number of hydrogen-bond acceptors (Lipinski definition) is 5. The molecule has 0 aliphatic carbocycles. The largest absolute Gasteiger partial charge is 0.259 e. The maximum absolute atomic E-state index is 4.46. The lowest BCUT2D eigenvalue weighted by Crippen LogP contribution is -2.00. The summed E-state index contributed by atoms with van der Waals surface area (Å²) >= 11 is 0. The van der Waals surface area contributed by atoms with Gasteiger partial charge in [0.05, 0.1) is 0 Å². The SMILES string of the molecule is C(=Cc1ccccc1)C=NNc1nn2cnnc2c2ccccc12. The number of aromatic nitrogens is 4. The van der Waals surface area contributed by atoms with E-state index in [1.807, 2.05) is 66.7 Å². The smallest absolute Gasteiger partial charge is 0.185 e. The van der Waals surface area contributed by atoms with E-state index in [-0.39, 0.29) is 0 Å². The summed E-state index contributed by atoms with van der Waals surface area (Å²) in [7, 11) is 0. The molecule has 6 heteroatoms. The van der Waals surface area contributed by atoms with Crippen molar-refractivity contribution in [1.29, 1.82) is 0 Å². The fourth-order valence-electron chi connectivity index (χ4n) is 2.47. The maximum atomic E-state index is 4.46. The molecule has 0 atom stereocenters. The summed E-state index contributed by atoms with van der Waals surface area (Å²) in [5, 5.41) is 18.6. The maximum Gasteiger partial charge on any atom is 0.185 e. The predicted molar refractivity (Wildman–Crippen MR) is 95.9 cm³/mol. The minimum absolute atomic E-state index is 0.655. The number of nitrogens with one attached hydrogen (secondary N) is 1. The van der Waals surface area contributed by atoms with Crippen molar-refractivity contribution in [2.75, 3.05) is 5.43 Å². The third kappa shape index (κ3) is 2.72. The second-order valence-corrected chi connectivity index (χ2v) is 5.15. The Hall–Kier alpha value is -3.54. The molecule has 0 aliphatic rings. The van der Waals surface area contributed by atoms with Gasteiger partial charge in [0.15, 0.2) is 11.5 Å². The summed E-state index contributed by atoms with van der Waals surface area (Å²) in [5.74, 6) is 0.655. The molecule has 6 nitrogen and oxygen atoms in total. The molecule has 24 heavy (non-hydrogen) atoms. The minimum atomic E-state index is 0.655. The van der Waals surface area contributed by atoms with Crippen molar-refractivity contribution >= 4 is 34.5 Å². The second kappa shape index (κ2) is 6.29. The number of fused-ring (bicyclic) bond motifs is 3. The van der Waals surface area contributed by atoms with Crippen LogP contribution in [0.2, 0.25) is 0 Å². The molecule has 4 aromatic rings. The van der Waals surface area contributed by atoms with Gasteiger partial charge in [-0.25, -0.2) is 0 Å². The number of hydrogen-bond donors (Lipinski definition) is 1. The first-order chi connectivity index (χ1) is 11.9. The highest BCUT2D eigenvalue weighted by molar-refractivity contribution is 5.99. The van der Waals surface area contributed by atoms with Gasteiger partial charge in [0.2, 0.25) is 0 Å². The minimum Gasteiger partial charge on any atom is -0.259 e. The number of benzene rings is 2. The fraction of sp³-hybridized carbons (Fsp3) is 0. The molecule has 0 saturated heterocycles. The Morgan fingerprint density at radius 1 is 0.958 bits per heavy atom. The van der Waals surface area contributed by atoms with E-state index in [0.29, 0.717) is 5.82 Å². The third-order valence-electron chi connectivity index (χ3n) is 3.58. The average Bonchev–Trinajstić information content (AvgIpc) is 3.11. The molecule has 0 bridgehead atoms. The van der Waals surface area contributed by atoms with Gasteiger partial charge >= 0.3 is 0 Å². The summed E-state index contributed by atoms with van der Waals surface area (Å²) in [4.78, 5) is 0. The lowest BCUT2D eigenvalue weighted by Gasteiger charge is -2.05. The van der Waals surface area contributed by atoms with Crippen molar-refractivity contribution in [3.63, 3.8) is 0 Å². The molecule has 1 N–H and O–H groups in total. The topological polar surface area (TPSA) is 67.5 Å². The van der Waals surface area contributed by atoms with Gasteiger partial charge in [-0.3, -0.25) is 5.43 Å². The summed E-state index contributed by atoms with van der Waals surface area (Å²) < 4.78 is 1.64. The zero-order valence-corrected chi connectivity index (χ0v) is 12.7. The fourth-order valence-corrected chi connectivity index (χ4v) is 2.47. The first kappa shape index (κ1) is 14.1. The van der Waals surface area contributed by atoms with Crippen molar-refractivity contribution < 1.29 is 0 Å².